The molecule has 43 heavy (non-hydrogen) atoms. The normalized spacial score (nSPS) is 11.7. The molecule has 0 radical (unpaired) electrons. The summed E-state index contributed by atoms with van der Waals surface area (Å²) in [5, 5.41) is 2.27. The molecule has 0 saturated heterocycles. The molecule has 0 aliphatic rings. The van der Waals surface area contributed by atoms with E-state index in [0.29, 0.717) is 0 Å². The van der Waals surface area contributed by atoms with E-state index < -0.39 is 0 Å². The number of nitrogens with zero attached hydrogens (tertiary/aromatic N) is 5. The maximum atomic E-state index is 5.22. The first-order valence-electron chi connectivity index (χ1n) is 14.4. The lowest BCUT2D eigenvalue weighted by Gasteiger charge is -2.25. The van der Waals surface area contributed by atoms with Gasteiger partial charge in [-0.1, -0.05) is 84.9 Å². The Morgan fingerprint density at radius 1 is 0.372 bits per heavy atom. The van der Waals surface area contributed by atoms with Crippen molar-refractivity contribution in [3.05, 3.63) is 152 Å². The maximum absolute atomic E-state index is 5.22. The van der Waals surface area contributed by atoms with Gasteiger partial charge in [0.2, 0.25) is 0 Å². The third-order valence-corrected chi connectivity index (χ3v) is 8.27. The monoisotopic (exact) mass is 551 g/mol. The highest BCUT2D eigenvalue weighted by molar-refractivity contribution is 6.09. The maximum Gasteiger partial charge on any atom is 0.182 e. The van der Waals surface area contributed by atoms with E-state index >= 15 is 0 Å². The number of aromatic nitrogens is 4. The Morgan fingerprint density at radius 3 is 1.44 bits per heavy atom. The summed E-state index contributed by atoms with van der Waals surface area (Å²) in [6.45, 7) is 0. The van der Waals surface area contributed by atoms with Crippen molar-refractivity contribution >= 4 is 72.2 Å². The Morgan fingerprint density at radius 2 is 0.837 bits per heavy atom. The van der Waals surface area contributed by atoms with Crippen molar-refractivity contribution in [1.29, 1.82) is 0 Å². The Balaban J connectivity index is 1.52. The van der Waals surface area contributed by atoms with Crippen LogP contribution in [-0.2, 0) is 0 Å². The molecule has 5 nitrogen and oxygen atoms in total. The average Bonchev–Trinajstić information content (AvgIpc) is 3.64. The number of anilines is 3. The molecule has 3 aromatic heterocycles. The lowest BCUT2D eigenvalue weighted by atomic mass is 10.1. The molecule has 0 aliphatic carbocycles. The standard InChI is InChI=1S/C38H25N5/c1-3-13-26(14-4-1)41(27-15-5-2-6-16-27)28-23-24-30-29-17-7-10-20-33(29)42-34-21-11-8-18-31(34)39-37(42)38-40-32-19-9-12-22-35(32)43(38)36(30)25-28/h1-25H. The van der Waals surface area contributed by atoms with Crippen molar-refractivity contribution < 1.29 is 0 Å². The first-order valence-corrected chi connectivity index (χ1v) is 14.4. The highest BCUT2D eigenvalue weighted by atomic mass is 15.1. The van der Waals surface area contributed by atoms with Gasteiger partial charge in [-0.05, 0) is 66.7 Å². The number of fused-ring (bicyclic) bond motifs is 12. The van der Waals surface area contributed by atoms with E-state index in [1.54, 1.807) is 0 Å². The Kier molecular flexibility index (Phi) is 5.13. The average molecular weight is 552 g/mol. The quantitative estimate of drug-likeness (QED) is 0.219. The number of hydrogen-bond acceptors (Lipinski definition) is 3. The van der Waals surface area contributed by atoms with Crippen LogP contribution in [0.3, 0.4) is 0 Å². The van der Waals surface area contributed by atoms with E-state index in [1.807, 2.05) is 12.1 Å². The number of rotatable bonds is 3. The molecule has 6 aromatic carbocycles. The molecular formula is C38H25N5. The summed E-state index contributed by atoms with van der Waals surface area (Å²) in [7, 11) is 0. The minimum atomic E-state index is 0.816. The SMILES string of the molecule is c1ccc(N(c2ccccc2)c2ccc3c4ccccc4n4c5ccccc5nc4c4nc5ccccc5n4c3c2)cc1. The van der Waals surface area contributed by atoms with Crippen LogP contribution in [0.1, 0.15) is 0 Å². The second kappa shape index (κ2) is 9.29. The summed E-state index contributed by atoms with van der Waals surface area (Å²) >= 11 is 0. The molecule has 0 saturated carbocycles. The third kappa shape index (κ3) is 3.58. The molecule has 0 spiro atoms. The zero-order valence-electron chi connectivity index (χ0n) is 23.2. The van der Waals surface area contributed by atoms with E-state index in [1.165, 1.54) is 0 Å². The fourth-order valence-electron chi connectivity index (χ4n) is 6.41. The fourth-order valence-corrected chi connectivity index (χ4v) is 6.41. The van der Waals surface area contributed by atoms with Gasteiger partial charge in [0.1, 0.15) is 0 Å². The van der Waals surface area contributed by atoms with Crippen LogP contribution >= 0.6 is 0 Å². The lowest BCUT2D eigenvalue weighted by molar-refractivity contribution is 1.24. The smallest absolute Gasteiger partial charge is 0.182 e. The summed E-state index contributed by atoms with van der Waals surface area (Å²) in [5.74, 6) is 0. The first kappa shape index (κ1) is 23.7. The van der Waals surface area contributed by atoms with Gasteiger partial charge in [-0.25, -0.2) is 9.97 Å². The lowest BCUT2D eigenvalue weighted by Crippen LogP contribution is -2.09. The summed E-state index contributed by atoms with van der Waals surface area (Å²) in [5.41, 5.74) is 11.0. The first-order chi connectivity index (χ1) is 21.3. The Hall–Kier alpha value is -5.94. The van der Waals surface area contributed by atoms with E-state index in [0.717, 1.165) is 72.2 Å². The van der Waals surface area contributed by atoms with Crippen LogP contribution < -0.4 is 4.90 Å². The van der Waals surface area contributed by atoms with Crippen LogP contribution in [0.2, 0.25) is 0 Å². The van der Waals surface area contributed by atoms with Gasteiger partial charge in [-0.15, -0.1) is 0 Å². The predicted octanol–water partition coefficient (Wildman–Crippen LogP) is 9.63. The number of benzene rings is 6. The zero-order chi connectivity index (χ0) is 28.3. The molecule has 0 bridgehead atoms. The van der Waals surface area contributed by atoms with E-state index in [-0.39, 0.29) is 0 Å². The van der Waals surface area contributed by atoms with Crippen LogP contribution in [0, 0.1) is 0 Å². The minimum absolute atomic E-state index is 0.816. The van der Waals surface area contributed by atoms with Gasteiger partial charge in [0.15, 0.2) is 11.3 Å². The molecular weight excluding hydrogens is 526 g/mol. The van der Waals surface area contributed by atoms with E-state index in [9.17, 15) is 0 Å². The molecule has 0 aliphatic heterocycles. The highest BCUT2D eigenvalue weighted by Gasteiger charge is 2.18. The summed E-state index contributed by atoms with van der Waals surface area (Å²) < 4.78 is 4.55. The van der Waals surface area contributed by atoms with Crippen molar-refractivity contribution in [3.8, 4) is 0 Å². The molecule has 9 rings (SSSR count). The molecule has 0 fully saturated rings. The van der Waals surface area contributed by atoms with Gasteiger partial charge in [0.25, 0.3) is 0 Å². The summed E-state index contributed by atoms with van der Waals surface area (Å²) in [4.78, 5) is 12.7. The topological polar surface area (TPSA) is 37.8 Å². The molecule has 202 valence electrons. The van der Waals surface area contributed by atoms with Crippen LogP contribution in [-0.4, -0.2) is 18.8 Å². The highest BCUT2D eigenvalue weighted by Crippen LogP contribution is 2.38. The number of imidazole rings is 2. The predicted molar refractivity (Wildman–Crippen MR) is 177 cm³/mol. The van der Waals surface area contributed by atoms with Gasteiger partial charge in [0.05, 0.1) is 33.1 Å². The molecule has 3 heterocycles. The molecule has 9 aromatic rings. The van der Waals surface area contributed by atoms with E-state index in [4.69, 9.17) is 9.97 Å². The van der Waals surface area contributed by atoms with Crippen LogP contribution in [0.15, 0.2) is 152 Å². The van der Waals surface area contributed by atoms with Crippen molar-refractivity contribution in [2.45, 2.75) is 0 Å². The Labute approximate surface area is 247 Å². The van der Waals surface area contributed by atoms with E-state index in [2.05, 4.69) is 153 Å². The van der Waals surface area contributed by atoms with Crippen molar-refractivity contribution in [3.63, 3.8) is 0 Å². The molecule has 0 atom stereocenters. The second-order valence-corrected chi connectivity index (χ2v) is 10.7. The van der Waals surface area contributed by atoms with Gasteiger partial charge in [-0.2, -0.15) is 0 Å². The zero-order valence-corrected chi connectivity index (χ0v) is 23.2. The number of para-hydroxylation sites is 7. The van der Waals surface area contributed by atoms with Gasteiger partial charge < -0.3 is 4.90 Å². The molecule has 0 amide bonds. The molecule has 5 heteroatoms. The van der Waals surface area contributed by atoms with Crippen LogP contribution in [0.5, 0.6) is 0 Å². The van der Waals surface area contributed by atoms with Crippen molar-refractivity contribution in [1.82, 2.24) is 18.8 Å². The third-order valence-electron chi connectivity index (χ3n) is 8.27. The number of hydrogen-bond donors (Lipinski definition) is 0. The fraction of sp³-hybridized carbons (Fsp3) is 0. The van der Waals surface area contributed by atoms with Crippen molar-refractivity contribution in [2.24, 2.45) is 0 Å². The van der Waals surface area contributed by atoms with Crippen LogP contribution in [0.25, 0.3) is 55.2 Å². The second-order valence-electron chi connectivity index (χ2n) is 10.7. The summed E-state index contributed by atoms with van der Waals surface area (Å²) in [6.07, 6.45) is 0. The Bertz CT molecular complexity index is 2470. The van der Waals surface area contributed by atoms with Crippen molar-refractivity contribution in [2.75, 3.05) is 4.90 Å². The van der Waals surface area contributed by atoms with Gasteiger partial charge in [-0.3, -0.25) is 8.80 Å². The van der Waals surface area contributed by atoms with Gasteiger partial charge >= 0.3 is 0 Å². The molecule has 0 unspecified atom stereocenters. The van der Waals surface area contributed by atoms with Crippen LogP contribution in [0.4, 0.5) is 17.1 Å². The minimum Gasteiger partial charge on any atom is -0.310 e. The molecule has 0 N–H and O–H groups in total. The largest absolute Gasteiger partial charge is 0.310 e. The summed E-state index contributed by atoms with van der Waals surface area (Å²) in [6, 6.07) is 53.1. The van der Waals surface area contributed by atoms with Gasteiger partial charge in [0, 0.05) is 27.8 Å².